The first-order valence-corrected chi connectivity index (χ1v) is 8.46. The molecule has 2 rings (SSSR count). The highest BCUT2D eigenvalue weighted by molar-refractivity contribution is 5.94. The summed E-state index contributed by atoms with van der Waals surface area (Å²) in [5.74, 6) is 0.890. The molecule has 0 bridgehead atoms. The van der Waals surface area contributed by atoms with Gasteiger partial charge in [-0.15, -0.1) is 0 Å². The minimum absolute atomic E-state index is 0.111. The highest BCUT2D eigenvalue weighted by Gasteiger charge is 2.21. The Bertz CT molecular complexity index is 498. The monoisotopic (exact) mass is 319 g/mol. The molecule has 0 saturated carbocycles. The Hall–Kier alpha value is -1.66. The van der Waals surface area contributed by atoms with Gasteiger partial charge in [0, 0.05) is 44.5 Å². The van der Waals surface area contributed by atoms with E-state index in [4.69, 9.17) is 0 Å². The van der Waals surface area contributed by atoms with E-state index in [1.165, 1.54) is 0 Å². The van der Waals surface area contributed by atoms with E-state index >= 15 is 0 Å². The highest BCUT2D eigenvalue weighted by atomic mass is 16.2. The van der Waals surface area contributed by atoms with Crippen molar-refractivity contribution in [1.29, 1.82) is 0 Å². The van der Waals surface area contributed by atoms with Gasteiger partial charge in [0.15, 0.2) is 0 Å². The number of amides is 1. The Morgan fingerprint density at radius 2 is 2.04 bits per heavy atom. The van der Waals surface area contributed by atoms with Crippen LogP contribution in [0.25, 0.3) is 0 Å². The van der Waals surface area contributed by atoms with Crippen molar-refractivity contribution in [3.05, 3.63) is 23.9 Å². The molecule has 0 atom stereocenters. The Kier molecular flexibility index (Phi) is 6.80. The van der Waals surface area contributed by atoms with E-state index in [1.807, 2.05) is 11.0 Å². The van der Waals surface area contributed by atoms with E-state index in [9.17, 15) is 4.79 Å². The van der Waals surface area contributed by atoms with E-state index in [2.05, 4.69) is 41.1 Å². The predicted molar refractivity (Wildman–Crippen MR) is 93.9 cm³/mol. The molecule has 1 fully saturated rings. The first-order valence-electron chi connectivity index (χ1n) is 8.46. The molecule has 0 radical (unpaired) electrons. The molecule has 0 aromatic carbocycles. The molecule has 0 aliphatic carbocycles. The van der Waals surface area contributed by atoms with Crippen LogP contribution in [0.5, 0.6) is 0 Å². The number of likely N-dealkylation sites (N-methyl/N-ethyl adjacent to an activating group) is 1. The summed E-state index contributed by atoms with van der Waals surface area (Å²) in [6, 6.07) is 3.67. The van der Waals surface area contributed by atoms with Crippen molar-refractivity contribution >= 4 is 11.7 Å². The topological polar surface area (TPSA) is 51.7 Å². The van der Waals surface area contributed by atoms with Crippen molar-refractivity contribution in [2.75, 3.05) is 65.2 Å². The summed E-state index contributed by atoms with van der Waals surface area (Å²) in [6.07, 6.45) is 2.76. The lowest BCUT2D eigenvalue weighted by atomic mass is 10.2. The van der Waals surface area contributed by atoms with Crippen LogP contribution >= 0.6 is 0 Å². The van der Waals surface area contributed by atoms with Crippen LogP contribution in [0.3, 0.4) is 0 Å². The molecule has 1 N–H and O–H groups in total. The number of hydrogen-bond acceptors (Lipinski definition) is 5. The van der Waals surface area contributed by atoms with Gasteiger partial charge in [0.1, 0.15) is 5.82 Å². The van der Waals surface area contributed by atoms with Crippen molar-refractivity contribution in [1.82, 2.24) is 19.7 Å². The molecular weight excluding hydrogens is 290 g/mol. The predicted octanol–water partition coefficient (Wildman–Crippen LogP) is 1.22. The number of nitrogens with zero attached hydrogens (tertiary/aromatic N) is 4. The van der Waals surface area contributed by atoms with Crippen molar-refractivity contribution in [2.45, 2.75) is 13.3 Å². The van der Waals surface area contributed by atoms with Gasteiger partial charge in [0.2, 0.25) is 0 Å². The second kappa shape index (κ2) is 8.84. The van der Waals surface area contributed by atoms with Gasteiger partial charge in [-0.25, -0.2) is 4.98 Å². The van der Waals surface area contributed by atoms with E-state index in [-0.39, 0.29) is 5.91 Å². The molecular formula is C17H29N5O. The van der Waals surface area contributed by atoms with Crippen LogP contribution in [-0.2, 0) is 0 Å². The average molecular weight is 319 g/mol. The Labute approximate surface area is 139 Å². The molecule has 6 heteroatoms. The molecule has 0 spiro atoms. The fourth-order valence-electron chi connectivity index (χ4n) is 2.72. The van der Waals surface area contributed by atoms with E-state index in [0.29, 0.717) is 0 Å². The van der Waals surface area contributed by atoms with Crippen molar-refractivity contribution in [3.8, 4) is 0 Å². The maximum atomic E-state index is 12.6. The summed E-state index contributed by atoms with van der Waals surface area (Å²) in [5, 5.41) is 3.30. The zero-order chi connectivity index (χ0) is 16.7. The number of carbonyl (C=O) groups excluding carboxylic acids is 1. The number of pyridine rings is 1. The van der Waals surface area contributed by atoms with E-state index < -0.39 is 0 Å². The Morgan fingerprint density at radius 1 is 1.30 bits per heavy atom. The second-order valence-corrected chi connectivity index (χ2v) is 6.24. The Balaban J connectivity index is 1.87. The largest absolute Gasteiger partial charge is 0.370 e. The van der Waals surface area contributed by atoms with Gasteiger partial charge in [0.25, 0.3) is 5.91 Å². The summed E-state index contributed by atoms with van der Waals surface area (Å²) in [4.78, 5) is 23.4. The zero-order valence-electron chi connectivity index (χ0n) is 14.6. The molecule has 128 valence electrons. The number of piperazine rings is 1. The average Bonchev–Trinajstić information content (AvgIpc) is 2.58. The standard InChI is InChI=1S/C17H29N5O/c1-4-21-10-12-22(13-11-21)17(23)15-6-8-19-16(14-15)18-7-5-9-20(2)3/h6,8,14H,4-5,7,9-13H2,1-3H3,(H,18,19). The fourth-order valence-corrected chi connectivity index (χ4v) is 2.72. The minimum atomic E-state index is 0.111. The lowest BCUT2D eigenvalue weighted by Gasteiger charge is -2.34. The normalized spacial score (nSPS) is 15.9. The van der Waals surface area contributed by atoms with Gasteiger partial charge < -0.3 is 20.0 Å². The third-order valence-corrected chi connectivity index (χ3v) is 4.20. The fraction of sp³-hybridized carbons (Fsp3) is 0.647. The number of nitrogens with one attached hydrogen (secondary N) is 1. The summed E-state index contributed by atoms with van der Waals surface area (Å²) in [5.41, 5.74) is 0.722. The summed E-state index contributed by atoms with van der Waals surface area (Å²) >= 11 is 0. The molecule has 1 aromatic heterocycles. The van der Waals surface area contributed by atoms with E-state index in [0.717, 1.165) is 63.6 Å². The van der Waals surface area contributed by atoms with Crippen LogP contribution in [-0.4, -0.2) is 85.5 Å². The molecule has 1 saturated heterocycles. The number of carbonyl (C=O) groups is 1. The smallest absolute Gasteiger partial charge is 0.254 e. The highest BCUT2D eigenvalue weighted by Crippen LogP contribution is 2.12. The van der Waals surface area contributed by atoms with Crippen LogP contribution in [0.4, 0.5) is 5.82 Å². The number of anilines is 1. The molecule has 23 heavy (non-hydrogen) atoms. The van der Waals surface area contributed by atoms with Gasteiger partial charge in [-0.2, -0.15) is 0 Å². The van der Waals surface area contributed by atoms with Gasteiger partial charge in [-0.3, -0.25) is 4.79 Å². The molecule has 1 aliphatic rings. The molecule has 1 amide bonds. The van der Waals surface area contributed by atoms with Crippen molar-refractivity contribution in [2.24, 2.45) is 0 Å². The van der Waals surface area contributed by atoms with Gasteiger partial charge >= 0.3 is 0 Å². The second-order valence-electron chi connectivity index (χ2n) is 6.24. The first-order chi connectivity index (χ1) is 11.1. The summed E-state index contributed by atoms with van der Waals surface area (Å²) < 4.78 is 0. The van der Waals surface area contributed by atoms with Gasteiger partial charge in [0.05, 0.1) is 0 Å². The number of aromatic nitrogens is 1. The lowest BCUT2D eigenvalue weighted by Crippen LogP contribution is -2.48. The molecule has 6 nitrogen and oxygen atoms in total. The Morgan fingerprint density at radius 3 is 2.70 bits per heavy atom. The minimum Gasteiger partial charge on any atom is -0.370 e. The zero-order valence-corrected chi connectivity index (χ0v) is 14.6. The van der Waals surface area contributed by atoms with E-state index in [1.54, 1.807) is 12.3 Å². The van der Waals surface area contributed by atoms with Crippen LogP contribution in [0.2, 0.25) is 0 Å². The van der Waals surface area contributed by atoms with Gasteiger partial charge in [-0.05, 0) is 45.7 Å². The van der Waals surface area contributed by atoms with Crippen molar-refractivity contribution < 1.29 is 4.79 Å². The molecule has 1 aromatic rings. The molecule has 1 aliphatic heterocycles. The number of rotatable bonds is 7. The molecule has 0 unspecified atom stereocenters. The maximum absolute atomic E-state index is 12.6. The van der Waals surface area contributed by atoms with Crippen LogP contribution in [0.15, 0.2) is 18.3 Å². The van der Waals surface area contributed by atoms with Crippen LogP contribution < -0.4 is 5.32 Å². The maximum Gasteiger partial charge on any atom is 0.254 e. The SMILES string of the molecule is CCN1CCN(C(=O)c2ccnc(NCCCN(C)C)c2)CC1. The van der Waals surface area contributed by atoms with Crippen LogP contribution in [0, 0.1) is 0 Å². The quantitative estimate of drug-likeness (QED) is 0.766. The summed E-state index contributed by atoms with van der Waals surface area (Å²) in [7, 11) is 4.13. The number of hydrogen-bond donors (Lipinski definition) is 1. The summed E-state index contributed by atoms with van der Waals surface area (Å²) in [6.45, 7) is 8.64. The molecule has 2 heterocycles. The van der Waals surface area contributed by atoms with Crippen LogP contribution in [0.1, 0.15) is 23.7 Å². The third-order valence-electron chi connectivity index (χ3n) is 4.20. The first kappa shape index (κ1) is 17.7. The van der Waals surface area contributed by atoms with Crippen molar-refractivity contribution in [3.63, 3.8) is 0 Å². The third kappa shape index (κ3) is 5.48. The van der Waals surface area contributed by atoms with Gasteiger partial charge in [-0.1, -0.05) is 6.92 Å². The lowest BCUT2D eigenvalue weighted by molar-refractivity contribution is 0.0643.